The van der Waals surface area contributed by atoms with Gasteiger partial charge in [0.1, 0.15) is 5.65 Å². The number of halogens is 1. The van der Waals surface area contributed by atoms with E-state index < -0.39 is 0 Å². The first kappa shape index (κ1) is 33.1. The van der Waals surface area contributed by atoms with Crippen molar-refractivity contribution in [1.29, 1.82) is 0 Å². The third-order valence-corrected chi connectivity index (χ3v) is 11.7. The minimum absolute atomic E-state index is 0.141. The lowest BCUT2D eigenvalue weighted by atomic mass is 9.86. The zero-order valence-electron chi connectivity index (χ0n) is 28.5. The molecule has 1 atom stereocenters. The molecule has 1 unspecified atom stereocenters. The van der Waals surface area contributed by atoms with E-state index in [1.54, 1.807) is 0 Å². The maximum Gasteiger partial charge on any atom is 0.241 e. The number of piperazine rings is 1. The van der Waals surface area contributed by atoms with E-state index in [1.807, 2.05) is 29.3 Å². The van der Waals surface area contributed by atoms with Gasteiger partial charge in [-0.05, 0) is 117 Å². The average molecular weight is 693 g/mol. The van der Waals surface area contributed by atoms with Crippen LogP contribution in [0.1, 0.15) is 85.8 Å². The van der Waals surface area contributed by atoms with Crippen LogP contribution in [0.2, 0.25) is 5.02 Å². The van der Waals surface area contributed by atoms with E-state index in [9.17, 15) is 14.4 Å². The number of piperidine rings is 2. The number of aromatic amines is 1. The number of nitrogens with one attached hydrogen (secondary N) is 2. The van der Waals surface area contributed by atoms with E-state index in [1.165, 1.54) is 24.0 Å². The molecule has 1 saturated carbocycles. The highest BCUT2D eigenvalue weighted by Crippen LogP contribution is 2.46. The van der Waals surface area contributed by atoms with Gasteiger partial charge in [-0.1, -0.05) is 48.0 Å². The standard InChI is InChI=1S/C40H45ClN6O3/c41-38-34(24-43-39-37(38)33(23-42-39)29-10-11-29)30-4-3-5-31(22-30)47-21-20-46(25-36(47)49)17-2-1-16-45-18-14-27(15-19-45)26-6-8-28(9-7-26)32-12-13-35(48)44-40(32)50/h3-9,22-24,27,29,32H,1-2,10-21,25H2,(H,42,43)(H,44,48,50). The third kappa shape index (κ3) is 6.96. The second kappa shape index (κ2) is 14.3. The van der Waals surface area contributed by atoms with Crippen molar-refractivity contribution in [3.63, 3.8) is 0 Å². The number of fused-ring (bicyclic) bond motifs is 1. The summed E-state index contributed by atoms with van der Waals surface area (Å²) in [6.07, 6.45) is 11.8. The normalized spacial score (nSPS) is 21.3. The van der Waals surface area contributed by atoms with Crippen LogP contribution in [0.15, 0.2) is 60.9 Å². The minimum atomic E-state index is -0.224. The number of imide groups is 1. The number of aromatic nitrogens is 2. The van der Waals surface area contributed by atoms with Gasteiger partial charge in [0.2, 0.25) is 17.7 Å². The molecule has 4 fully saturated rings. The summed E-state index contributed by atoms with van der Waals surface area (Å²) in [6.45, 7) is 6.22. The molecule has 2 N–H and O–H groups in total. The smallest absolute Gasteiger partial charge is 0.241 e. The fourth-order valence-corrected chi connectivity index (χ4v) is 8.55. The van der Waals surface area contributed by atoms with Gasteiger partial charge in [-0.2, -0.15) is 0 Å². The van der Waals surface area contributed by atoms with Gasteiger partial charge in [-0.15, -0.1) is 0 Å². The molecule has 4 aliphatic rings. The lowest BCUT2D eigenvalue weighted by Crippen LogP contribution is -2.50. The second-order valence-electron chi connectivity index (χ2n) is 14.6. The Hall–Kier alpha value is -4.05. The molecule has 0 radical (unpaired) electrons. The van der Waals surface area contributed by atoms with Gasteiger partial charge in [0.15, 0.2) is 0 Å². The summed E-state index contributed by atoms with van der Waals surface area (Å²) in [7, 11) is 0. The molecule has 3 aliphatic heterocycles. The van der Waals surface area contributed by atoms with E-state index in [0.29, 0.717) is 37.8 Å². The van der Waals surface area contributed by atoms with E-state index in [4.69, 9.17) is 11.6 Å². The first-order valence-corrected chi connectivity index (χ1v) is 18.7. The number of rotatable bonds is 10. The fraction of sp³-hybridized carbons (Fsp3) is 0.450. The molecule has 1 aliphatic carbocycles. The topological polar surface area (TPSA) is 102 Å². The summed E-state index contributed by atoms with van der Waals surface area (Å²) < 4.78 is 0. The fourth-order valence-electron chi connectivity index (χ4n) is 8.20. The predicted molar refractivity (Wildman–Crippen MR) is 197 cm³/mol. The van der Waals surface area contributed by atoms with Gasteiger partial charge in [0.25, 0.3) is 0 Å². The molecule has 3 amide bonds. The number of H-pyrrole nitrogens is 1. The maximum atomic E-state index is 13.3. The van der Waals surface area contributed by atoms with Crippen molar-refractivity contribution >= 4 is 46.0 Å². The van der Waals surface area contributed by atoms with Crippen LogP contribution < -0.4 is 10.2 Å². The summed E-state index contributed by atoms with van der Waals surface area (Å²) >= 11 is 6.99. The number of nitrogens with zero attached hydrogens (tertiary/aromatic N) is 4. The monoisotopic (exact) mass is 692 g/mol. The van der Waals surface area contributed by atoms with Crippen LogP contribution in [0.25, 0.3) is 22.2 Å². The van der Waals surface area contributed by atoms with E-state index in [0.717, 1.165) is 96.8 Å². The van der Waals surface area contributed by atoms with Crippen molar-refractivity contribution < 1.29 is 14.4 Å². The number of carbonyl (C=O) groups excluding carboxylic acids is 3. The van der Waals surface area contributed by atoms with E-state index >= 15 is 0 Å². The molecule has 0 bridgehead atoms. The van der Waals surface area contributed by atoms with Crippen molar-refractivity contribution in [3.8, 4) is 11.1 Å². The molecule has 9 nitrogen and oxygen atoms in total. The lowest BCUT2D eigenvalue weighted by molar-refractivity contribution is -0.134. The molecule has 5 heterocycles. The molecule has 4 aromatic rings. The van der Waals surface area contributed by atoms with E-state index in [-0.39, 0.29) is 23.6 Å². The largest absolute Gasteiger partial charge is 0.346 e. The number of hydrogen-bond donors (Lipinski definition) is 2. The number of anilines is 1. The van der Waals surface area contributed by atoms with Crippen molar-refractivity contribution in [2.45, 2.75) is 69.1 Å². The Morgan fingerprint density at radius 3 is 2.32 bits per heavy atom. The lowest BCUT2D eigenvalue weighted by Gasteiger charge is -2.35. The highest BCUT2D eigenvalue weighted by atomic mass is 35.5. The van der Waals surface area contributed by atoms with Gasteiger partial charge in [0.05, 0.1) is 17.5 Å². The molecule has 50 heavy (non-hydrogen) atoms. The Bertz CT molecular complexity index is 1890. The second-order valence-corrected chi connectivity index (χ2v) is 15.0. The highest BCUT2D eigenvalue weighted by Gasteiger charge is 2.30. The SMILES string of the molecule is O=C1CCC(c2ccc(C3CCN(CCCCN4CCN(c5cccc(-c6cnc7[nH]cc(C8CC8)c7c6Cl)c5)C(=O)C4)CC3)cc2)C(=O)N1. The predicted octanol–water partition coefficient (Wildman–Crippen LogP) is 6.59. The van der Waals surface area contributed by atoms with Gasteiger partial charge in [0, 0.05) is 48.5 Å². The van der Waals surface area contributed by atoms with Crippen LogP contribution in [-0.4, -0.2) is 83.3 Å². The molecular weight excluding hydrogens is 648 g/mol. The molecule has 10 heteroatoms. The van der Waals surface area contributed by atoms with Gasteiger partial charge >= 0.3 is 0 Å². The quantitative estimate of drug-likeness (QED) is 0.144. The summed E-state index contributed by atoms with van der Waals surface area (Å²) in [5, 5.41) is 4.23. The van der Waals surface area contributed by atoms with Crippen molar-refractivity contribution in [3.05, 3.63) is 82.6 Å². The first-order valence-electron chi connectivity index (χ1n) is 18.4. The van der Waals surface area contributed by atoms with Crippen LogP contribution >= 0.6 is 11.6 Å². The number of amides is 3. The van der Waals surface area contributed by atoms with Crippen LogP contribution in [0.3, 0.4) is 0 Å². The van der Waals surface area contributed by atoms with Crippen LogP contribution in [-0.2, 0) is 14.4 Å². The zero-order chi connectivity index (χ0) is 34.2. The highest BCUT2D eigenvalue weighted by molar-refractivity contribution is 6.38. The molecule has 2 aromatic heterocycles. The Labute approximate surface area is 298 Å². The minimum Gasteiger partial charge on any atom is -0.346 e. The molecule has 2 aromatic carbocycles. The zero-order valence-corrected chi connectivity index (χ0v) is 29.3. The molecule has 0 spiro atoms. The number of pyridine rings is 1. The van der Waals surface area contributed by atoms with Crippen LogP contribution in [0, 0.1) is 0 Å². The van der Waals surface area contributed by atoms with Gasteiger partial charge < -0.3 is 14.8 Å². The summed E-state index contributed by atoms with van der Waals surface area (Å²) in [4.78, 5) is 51.8. The molecule has 260 valence electrons. The summed E-state index contributed by atoms with van der Waals surface area (Å²) in [5.41, 5.74) is 7.23. The van der Waals surface area contributed by atoms with Crippen LogP contribution in [0.5, 0.6) is 0 Å². The van der Waals surface area contributed by atoms with Crippen LogP contribution in [0.4, 0.5) is 5.69 Å². The average Bonchev–Trinajstić information content (AvgIpc) is 3.89. The Kier molecular flexibility index (Phi) is 9.46. The van der Waals surface area contributed by atoms with Crippen molar-refractivity contribution in [2.75, 3.05) is 50.7 Å². The van der Waals surface area contributed by atoms with Gasteiger partial charge in [-0.3, -0.25) is 24.6 Å². The first-order chi connectivity index (χ1) is 24.4. The number of benzene rings is 2. The number of hydrogen-bond acceptors (Lipinski definition) is 6. The third-order valence-electron chi connectivity index (χ3n) is 11.3. The summed E-state index contributed by atoms with van der Waals surface area (Å²) in [5.74, 6) is 0.685. The number of unbranched alkanes of at least 4 members (excludes halogenated alkanes) is 1. The molecule has 3 saturated heterocycles. The van der Waals surface area contributed by atoms with Crippen molar-refractivity contribution in [2.24, 2.45) is 0 Å². The maximum absolute atomic E-state index is 13.3. The van der Waals surface area contributed by atoms with Crippen molar-refractivity contribution in [1.82, 2.24) is 25.1 Å². The van der Waals surface area contributed by atoms with Gasteiger partial charge in [-0.25, -0.2) is 4.98 Å². The summed E-state index contributed by atoms with van der Waals surface area (Å²) in [6, 6.07) is 16.7. The Morgan fingerprint density at radius 2 is 1.58 bits per heavy atom. The molecule has 8 rings (SSSR count). The number of carbonyl (C=O) groups is 3. The Morgan fingerprint density at radius 1 is 0.820 bits per heavy atom. The Balaban J connectivity index is 0.781. The van der Waals surface area contributed by atoms with E-state index in [2.05, 4.69) is 61.6 Å². The molecular formula is C40H45ClN6O3. The number of likely N-dealkylation sites (tertiary alicyclic amines) is 1.